The van der Waals surface area contributed by atoms with Gasteiger partial charge in [0.1, 0.15) is 11.6 Å². The van der Waals surface area contributed by atoms with Crippen molar-refractivity contribution >= 4 is 21.6 Å². The summed E-state index contributed by atoms with van der Waals surface area (Å²) in [5.74, 6) is -3.00. The van der Waals surface area contributed by atoms with Crippen molar-refractivity contribution in [2.75, 3.05) is 18.4 Å². The number of anilines is 1. The fraction of sp³-hybridized carbons (Fsp3) is 0.316. The molecule has 0 spiro atoms. The van der Waals surface area contributed by atoms with Crippen molar-refractivity contribution in [3.05, 3.63) is 59.7 Å². The first-order chi connectivity index (χ1) is 14.0. The quantitative estimate of drug-likeness (QED) is 0.719. The zero-order chi connectivity index (χ0) is 22.1. The summed E-state index contributed by atoms with van der Waals surface area (Å²) in [5.41, 5.74) is -1.47. The monoisotopic (exact) mass is 448 g/mol. The van der Waals surface area contributed by atoms with E-state index in [9.17, 15) is 35.2 Å². The van der Waals surface area contributed by atoms with Crippen LogP contribution in [-0.2, 0) is 21.0 Å². The van der Waals surface area contributed by atoms with E-state index in [0.717, 1.165) is 28.6 Å². The molecule has 1 heterocycles. The first-order valence-corrected chi connectivity index (χ1v) is 10.4. The maximum Gasteiger partial charge on any atom is 0.417 e. The van der Waals surface area contributed by atoms with Crippen molar-refractivity contribution in [1.82, 2.24) is 4.31 Å². The van der Waals surface area contributed by atoms with Gasteiger partial charge >= 0.3 is 6.18 Å². The number of hydrogen-bond donors (Lipinski definition) is 1. The van der Waals surface area contributed by atoms with E-state index in [1.165, 1.54) is 6.07 Å². The summed E-state index contributed by atoms with van der Waals surface area (Å²) in [6.45, 7) is -0.336. The minimum atomic E-state index is -4.83. The summed E-state index contributed by atoms with van der Waals surface area (Å²) in [6, 6.07) is 6.57. The van der Waals surface area contributed by atoms with Crippen LogP contribution in [0.4, 0.5) is 27.6 Å². The third-order valence-electron chi connectivity index (χ3n) is 4.82. The fourth-order valence-electron chi connectivity index (χ4n) is 3.25. The fourth-order valence-corrected chi connectivity index (χ4v) is 4.93. The molecule has 0 bridgehead atoms. The second-order valence-electron chi connectivity index (χ2n) is 6.79. The molecule has 1 saturated heterocycles. The zero-order valence-corrected chi connectivity index (χ0v) is 16.2. The van der Waals surface area contributed by atoms with Gasteiger partial charge in [0.15, 0.2) is 0 Å². The maximum atomic E-state index is 13.7. The van der Waals surface area contributed by atoms with E-state index >= 15 is 0 Å². The van der Waals surface area contributed by atoms with Gasteiger partial charge in [0.2, 0.25) is 15.9 Å². The van der Waals surface area contributed by atoms with Crippen molar-refractivity contribution in [2.24, 2.45) is 5.92 Å². The van der Waals surface area contributed by atoms with Crippen LogP contribution in [0.5, 0.6) is 0 Å². The second kappa shape index (κ2) is 8.31. The molecule has 0 aromatic heterocycles. The normalized spacial score (nSPS) is 16.4. The Balaban J connectivity index is 1.70. The Morgan fingerprint density at radius 3 is 2.27 bits per heavy atom. The number of sulfonamides is 1. The summed E-state index contributed by atoms with van der Waals surface area (Å²) in [4.78, 5) is 11.5. The Bertz CT molecular complexity index is 1050. The molecule has 0 atom stereocenters. The SMILES string of the molecule is O=C(Nc1ccc(F)cc1F)C1CCN(S(=O)(=O)c2ccccc2C(F)(F)F)CC1. The number of alkyl halides is 3. The minimum absolute atomic E-state index is 0.0437. The molecular formula is C19H17F5N2O3S. The van der Waals surface area contributed by atoms with Crippen LogP contribution >= 0.6 is 0 Å². The maximum absolute atomic E-state index is 13.7. The lowest BCUT2D eigenvalue weighted by Crippen LogP contribution is -2.42. The van der Waals surface area contributed by atoms with Gasteiger partial charge in [0.25, 0.3) is 0 Å². The predicted octanol–water partition coefficient (Wildman–Crippen LogP) is 4.02. The standard InChI is InChI=1S/C19H17F5N2O3S/c20-13-5-6-16(15(21)11-13)25-18(27)12-7-9-26(10-8-12)30(28,29)17-4-2-1-3-14(17)19(22,23)24/h1-6,11-12H,7-10H2,(H,25,27). The molecule has 1 amide bonds. The van der Waals surface area contributed by atoms with Gasteiger partial charge in [-0.2, -0.15) is 17.5 Å². The summed E-state index contributed by atoms with van der Waals surface area (Å²) < 4.78 is 92.6. The number of carbonyl (C=O) groups excluding carboxylic acids is 1. The highest BCUT2D eigenvalue weighted by molar-refractivity contribution is 7.89. The second-order valence-corrected chi connectivity index (χ2v) is 8.69. The largest absolute Gasteiger partial charge is 0.417 e. The van der Waals surface area contributed by atoms with E-state index < -0.39 is 50.1 Å². The Hall–Kier alpha value is -2.53. The lowest BCUT2D eigenvalue weighted by atomic mass is 9.97. The summed E-state index contributed by atoms with van der Waals surface area (Å²) in [6.07, 6.45) is -4.74. The molecular weight excluding hydrogens is 431 g/mol. The third kappa shape index (κ3) is 4.62. The van der Waals surface area contributed by atoms with Crippen LogP contribution in [-0.4, -0.2) is 31.7 Å². The molecule has 0 radical (unpaired) electrons. The Morgan fingerprint density at radius 2 is 1.67 bits per heavy atom. The van der Waals surface area contributed by atoms with E-state index in [-0.39, 0.29) is 31.6 Å². The molecule has 1 aliphatic heterocycles. The van der Waals surface area contributed by atoms with Crippen molar-refractivity contribution < 1.29 is 35.2 Å². The Morgan fingerprint density at radius 1 is 1.03 bits per heavy atom. The molecule has 30 heavy (non-hydrogen) atoms. The molecule has 1 aliphatic rings. The Labute approximate surface area is 169 Å². The number of rotatable bonds is 4. The van der Waals surface area contributed by atoms with E-state index in [1.54, 1.807) is 0 Å². The lowest BCUT2D eigenvalue weighted by Gasteiger charge is -2.31. The zero-order valence-electron chi connectivity index (χ0n) is 15.4. The number of nitrogens with zero attached hydrogens (tertiary/aromatic N) is 1. The van der Waals surface area contributed by atoms with Gasteiger partial charge in [0, 0.05) is 25.1 Å². The first kappa shape index (κ1) is 22.2. The highest BCUT2D eigenvalue weighted by Crippen LogP contribution is 2.36. The number of carbonyl (C=O) groups is 1. The number of hydrogen-bond acceptors (Lipinski definition) is 3. The smallest absolute Gasteiger partial charge is 0.323 e. The molecule has 0 saturated carbocycles. The van der Waals surface area contributed by atoms with Gasteiger partial charge in [-0.05, 0) is 37.1 Å². The van der Waals surface area contributed by atoms with Crippen molar-refractivity contribution in [1.29, 1.82) is 0 Å². The van der Waals surface area contributed by atoms with Crippen LogP contribution < -0.4 is 5.32 Å². The van der Waals surface area contributed by atoms with Crippen LogP contribution in [0, 0.1) is 17.6 Å². The van der Waals surface area contributed by atoms with Gasteiger partial charge in [-0.3, -0.25) is 4.79 Å². The number of benzene rings is 2. The number of piperidine rings is 1. The topological polar surface area (TPSA) is 66.5 Å². The van der Waals surface area contributed by atoms with Crippen LogP contribution in [0.2, 0.25) is 0 Å². The van der Waals surface area contributed by atoms with Crippen LogP contribution in [0.25, 0.3) is 0 Å². The molecule has 11 heteroatoms. The number of amides is 1. The average Bonchev–Trinajstić information content (AvgIpc) is 2.69. The van der Waals surface area contributed by atoms with Crippen LogP contribution in [0.15, 0.2) is 47.4 Å². The average molecular weight is 448 g/mol. The van der Waals surface area contributed by atoms with Gasteiger partial charge in [-0.15, -0.1) is 0 Å². The summed E-state index contributed by atoms with van der Waals surface area (Å²) in [5, 5.41) is 2.32. The number of nitrogens with one attached hydrogen (secondary N) is 1. The van der Waals surface area contributed by atoms with Crippen molar-refractivity contribution in [2.45, 2.75) is 23.9 Å². The third-order valence-corrected chi connectivity index (χ3v) is 6.78. The highest BCUT2D eigenvalue weighted by atomic mass is 32.2. The molecule has 0 aliphatic carbocycles. The summed E-state index contributed by atoms with van der Waals surface area (Å²) >= 11 is 0. The van der Waals surface area contributed by atoms with E-state index in [4.69, 9.17) is 0 Å². The molecule has 162 valence electrons. The van der Waals surface area contributed by atoms with Gasteiger partial charge in [-0.1, -0.05) is 12.1 Å². The molecule has 3 rings (SSSR count). The van der Waals surface area contributed by atoms with Gasteiger partial charge < -0.3 is 5.32 Å². The summed E-state index contributed by atoms with van der Waals surface area (Å²) in [7, 11) is -4.42. The van der Waals surface area contributed by atoms with Gasteiger partial charge in [0.05, 0.1) is 16.1 Å². The molecule has 5 nitrogen and oxygen atoms in total. The van der Waals surface area contributed by atoms with Gasteiger partial charge in [-0.25, -0.2) is 17.2 Å². The molecule has 2 aromatic carbocycles. The predicted molar refractivity (Wildman–Crippen MR) is 97.9 cm³/mol. The van der Waals surface area contributed by atoms with E-state index in [2.05, 4.69) is 5.32 Å². The minimum Gasteiger partial charge on any atom is -0.323 e. The lowest BCUT2D eigenvalue weighted by molar-refractivity contribution is -0.139. The van der Waals surface area contributed by atoms with Crippen LogP contribution in [0.3, 0.4) is 0 Å². The van der Waals surface area contributed by atoms with E-state index in [0.29, 0.717) is 12.1 Å². The van der Waals surface area contributed by atoms with Crippen LogP contribution in [0.1, 0.15) is 18.4 Å². The molecule has 0 unspecified atom stereocenters. The molecule has 2 aromatic rings. The molecule has 1 fully saturated rings. The van der Waals surface area contributed by atoms with E-state index in [1.807, 2.05) is 0 Å². The number of halogens is 5. The molecule has 1 N–H and O–H groups in total. The Kier molecular flexibility index (Phi) is 6.14. The first-order valence-electron chi connectivity index (χ1n) is 8.92. The van der Waals surface area contributed by atoms with Crippen molar-refractivity contribution in [3.63, 3.8) is 0 Å². The highest BCUT2D eigenvalue weighted by Gasteiger charge is 2.40. The van der Waals surface area contributed by atoms with Crippen molar-refractivity contribution in [3.8, 4) is 0 Å².